The van der Waals surface area contributed by atoms with E-state index in [0.29, 0.717) is 17.1 Å². The van der Waals surface area contributed by atoms with E-state index in [1.54, 1.807) is 6.92 Å². The first kappa shape index (κ1) is 18.7. The summed E-state index contributed by atoms with van der Waals surface area (Å²) < 4.78 is 43.2. The molecule has 6 nitrogen and oxygen atoms in total. The van der Waals surface area contributed by atoms with Crippen LogP contribution in [0.4, 0.5) is 13.2 Å². The molecule has 0 saturated carbocycles. The molecule has 1 heterocycles. The second-order valence-electron chi connectivity index (χ2n) is 4.61. The highest BCUT2D eigenvalue weighted by molar-refractivity contribution is 5.75. The molecule has 128 valence electrons. The highest BCUT2D eigenvalue weighted by atomic mass is 19.4. The largest absolute Gasteiger partial charge is 0.466 e. The van der Waals surface area contributed by atoms with Gasteiger partial charge in [-0.25, -0.2) is 0 Å². The first-order valence-corrected chi connectivity index (χ1v) is 6.94. The number of hydrogen-bond donors (Lipinski definition) is 1. The zero-order valence-electron chi connectivity index (χ0n) is 12.5. The van der Waals surface area contributed by atoms with Crippen LogP contribution in [0.5, 0.6) is 0 Å². The topological polar surface area (TPSA) is 77.4 Å². The molecule has 0 bridgehead atoms. The Morgan fingerprint density at radius 1 is 1.35 bits per heavy atom. The number of carbonyl (C=O) groups is 2. The molecule has 0 spiro atoms. The Bertz CT molecular complexity index is 611. The molecule has 0 aromatic carbocycles. The van der Waals surface area contributed by atoms with Crippen molar-refractivity contribution in [3.63, 3.8) is 0 Å². The van der Waals surface area contributed by atoms with Crippen LogP contribution in [-0.2, 0) is 27.0 Å². The maximum Gasteiger partial charge on any atom is 0.421 e. The number of amides is 1. The predicted molar refractivity (Wildman–Crippen MR) is 74.6 cm³/mol. The maximum absolute atomic E-state index is 12.6. The first-order chi connectivity index (χ1) is 10.8. The van der Waals surface area contributed by atoms with Crippen molar-refractivity contribution < 1.29 is 27.5 Å². The van der Waals surface area contributed by atoms with Crippen LogP contribution in [0.2, 0.25) is 0 Å². The smallest absolute Gasteiger partial charge is 0.421 e. The Hall–Kier alpha value is -2.32. The van der Waals surface area contributed by atoms with Crippen molar-refractivity contribution in [2.45, 2.75) is 32.5 Å². The Morgan fingerprint density at radius 2 is 2.04 bits per heavy atom. The Kier molecular flexibility index (Phi) is 6.80. The SMILES string of the molecule is CCOC(=O)CCCNC(=O)Cn1cccc(C(F)(F)F)c1=O. The third-order valence-electron chi connectivity index (χ3n) is 2.82. The van der Waals surface area contributed by atoms with E-state index >= 15 is 0 Å². The molecule has 0 radical (unpaired) electrons. The number of hydrogen-bond acceptors (Lipinski definition) is 4. The number of aromatic nitrogens is 1. The van der Waals surface area contributed by atoms with Gasteiger partial charge in [-0.1, -0.05) is 0 Å². The Balaban J connectivity index is 2.53. The van der Waals surface area contributed by atoms with Gasteiger partial charge in [0.25, 0.3) is 5.56 Å². The van der Waals surface area contributed by atoms with Gasteiger partial charge in [0.05, 0.1) is 6.61 Å². The van der Waals surface area contributed by atoms with E-state index < -0.39 is 35.7 Å². The molecule has 1 N–H and O–H groups in total. The van der Waals surface area contributed by atoms with Gasteiger partial charge in [0.1, 0.15) is 12.1 Å². The molecule has 0 aliphatic heterocycles. The van der Waals surface area contributed by atoms with Gasteiger partial charge in [0.2, 0.25) is 5.91 Å². The minimum absolute atomic E-state index is 0.123. The molecule has 0 aliphatic rings. The van der Waals surface area contributed by atoms with E-state index in [0.717, 1.165) is 12.3 Å². The van der Waals surface area contributed by atoms with Crippen LogP contribution in [-0.4, -0.2) is 29.6 Å². The Morgan fingerprint density at radius 3 is 2.65 bits per heavy atom. The number of halogens is 3. The predicted octanol–water partition coefficient (Wildman–Crippen LogP) is 1.33. The molecule has 0 atom stereocenters. The summed E-state index contributed by atoms with van der Waals surface area (Å²) in [5.74, 6) is -1.01. The summed E-state index contributed by atoms with van der Waals surface area (Å²) in [7, 11) is 0. The summed E-state index contributed by atoms with van der Waals surface area (Å²) in [6.07, 6.45) is -3.20. The van der Waals surface area contributed by atoms with Crippen LogP contribution < -0.4 is 10.9 Å². The summed E-state index contributed by atoms with van der Waals surface area (Å²) >= 11 is 0. The third-order valence-corrected chi connectivity index (χ3v) is 2.82. The van der Waals surface area contributed by atoms with Gasteiger partial charge in [-0.15, -0.1) is 0 Å². The average molecular weight is 334 g/mol. The highest BCUT2D eigenvalue weighted by Crippen LogP contribution is 2.25. The molecule has 1 amide bonds. The van der Waals surface area contributed by atoms with E-state index in [-0.39, 0.29) is 19.6 Å². The van der Waals surface area contributed by atoms with Gasteiger partial charge in [-0.05, 0) is 25.5 Å². The standard InChI is InChI=1S/C14H17F3N2O4/c1-2-23-12(21)6-3-7-18-11(20)9-19-8-4-5-10(13(19)22)14(15,16)17/h4-5,8H,2-3,6-7,9H2,1H3,(H,18,20). The molecular formula is C14H17F3N2O4. The van der Waals surface area contributed by atoms with E-state index in [1.165, 1.54) is 0 Å². The van der Waals surface area contributed by atoms with Crippen molar-refractivity contribution in [2.24, 2.45) is 0 Å². The fourth-order valence-corrected chi connectivity index (χ4v) is 1.78. The lowest BCUT2D eigenvalue weighted by Crippen LogP contribution is -2.35. The van der Waals surface area contributed by atoms with Gasteiger partial charge in [0, 0.05) is 19.2 Å². The summed E-state index contributed by atoms with van der Waals surface area (Å²) in [4.78, 5) is 34.3. The minimum atomic E-state index is -4.77. The quantitative estimate of drug-likeness (QED) is 0.603. The van der Waals surface area contributed by atoms with Crippen LogP contribution in [0.25, 0.3) is 0 Å². The van der Waals surface area contributed by atoms with E-state index in [2.05, 4.69) is 5.32 Å². The molecule has 1 aromatic heterocycles. The number of nitrogens with one attached hydrogen (secondary N) is 1. The van der Waals surface area contributed by atoms with Gasteiger partial charge in [-0.2, -0.15) is 13.2 Å². The van der Waals surface area contributed by atoms with E-state index in [4.69, 9.17) is 4.74 Å². The second kappa shape index (κ2) is 8.35. The molecule has 23 heavy (non-hydrogen) atoms. The number of ether oxygens (including phenoxy) is 1. The first-order valence-electron chi connectivity index (χ1n) is 6.94. The van der Waals surface area contributed by atoms with Crippen LogP contribution in [0.1, 0.15) is 25.3 Å². The normalized spacial score (nSPS) is 11.1. The summed E-state index contributed by atoms with van der Waals surface area (Å²) in [6, 6.07) is 1.72. The highest BCUT2D eigenvalue weighted by Gasteiger charge is 2.34. The molecule has 1 rings (SSSR count). The lowest BCUT2D eigenvalue weighted by Gasteiger charge is -2.10. The molecule has 1 aromatic rings. The van der Waals surface area contributed by atoms with Crippen molar-refractivity contribution in [3.8, 4) is 0 Å². The van der Waals surface area contributed by atoms with Gasteiger partial charge < -0.3 is 14.6 Å². The van der Waals surface area contributed by atoms with Crippen molar-refractivity contribution in [1.29, 1.82) is 0 Å². The fourth-order valence-electron chi connectivity index (χ4n) is 1.78. The van der Waals surface area contributed by atoms with Crippen molar-refractivity contribution in [2.75, 3.05) is 13.2 Å². The lowest BCUT2D eigenvalue weighted by molar-refractivity contribution is -0.143. The summed E-state index contributed by atoms with van der Waals surface area (Å²) in [5, 5.41) is 2.43. The van der Waals surface area contributed by atoms with E-state index in [1.807, 2.05) is 0 Å². The summed E-state index contributed by atoms with van der Waals surface area (Å²) in [6.45, 7) is 1.57. The van der Waals surface area contributed by atoms with Gasteiger partial charge >= 0.3 is 12.1 Å². The average Bonchev–Trinajstić information content (AvgIpc) is 2.45. The molecular weight excluding hydrogens is 317 g/mol. The zero-order valence-corrected chi connectivity index (χ0v) is 12.5. The molecule has 9 heteroatoms. The van der Waals surface area contributed by atoms with Crippen LogP contribution in [0.15, 0.2) is 23.1 Å². The maximum atomic E-state index is 12.6. The van der Waals surface area contributed by atoms with Crippen LogP contribution in [0.3, 0.4) is 0 Å². The zero-order chi connectivity index (χ0) is 17.5. The lowest BCUT2D eigenvalue weighted by atomic mass is 10.2. The number of pyridine rings is 1. The number of carbonyl (C=O) groups excluding carboxylic acids is 2. The minimum Gasteiger partial charge on any atom is -0.466 e. The van der Waals surface area contributed by atoms with Gasteiger partial charge in [-0.3, -0.25) is 14.4 Å². The molecule has 0 aliphatic carbocycles. The Labute approximate surface area is 130 Å². The molecule has 0 unspecified atom stereocenters. The number of alkyl halides is 3. The molecule has 0 fully saturated rings. The van der Waals surface area contributed by atoms with Crippen molar-refractivity contribution in [3.05, 3.63) is 34.2 Å². The molecule has 0 saturated heterocycles. The monoisotopic (exact) mass is 334 g/mol. The van der Waals surface area contributed by atoms with Crippen LogP contribution >= 0.6 is 0 Å². The summed E-state index contributed by atoms with van der Waals surface area (Å²) in [5.41, 5.74) is -2.60. The van der Waals surface area contributed by atoms with E-state index in [9.17, 15) is 27.6 Å². The van der Waals surface area contributed by atoms with Crippen molar-refractivity contribution >= 4 is 11.9 Å². The number of esters is 1. The second-order valence-corrected chi connectivity index (χ2v) is 4.61. The van der Waals surface area contributed by atoms with Crippen LogP contribution in [0, 0.1) is 0 Å². The fraction of sp³-hybridized carbons (Fsp3) is 0.500. The number of rotatable bonds is 7. The third kappa shape index (κ3) is 6.13. The number of nitrogens with zero attached hydrogens (tertiary/aromatic N) is 1. The van der Waals surface area contributed by atoms with Crippen molar-refractivity contribution in [1.82, 2.24) is 9.88 Å². The van der Waals surface area contributed by atoms with Gasteiger partial charge in [0.15, 0.2) is 0 Å².